The first kappa shape index (κ1) is 53.4. The van der Waals surface area contributed by atoms with Crippen LogP contribution in [0.5, 0.6) is 17.2 Å². The summed E-state index contributed by atoms with van der Waals surface area (Å²) in [6.45, 7) is 0. The van der Waals surface area contributed by atoms with Crippen molar-refractivity contribution in [2.24, 2.45) is 0 Å². The second kappa shape index (κ2) is 15.2. The van der Waals surface area contributed by atoms with E-state index in [-0.39, 0.29) is 23.3 Å². The number of rotatable bonds is 15. The van der Waals surface area contributed by atoms with Crippen molar-refractivity contribution in [2.45, 2.75) is 89.9 Å². The van der Waals surface area contributed by atoms with E-state index in [1.807, 2.05) is 0 Å². The third kappa shape index (κ3) is 7.42. The van der Waals surface area contributed by atoms with Gasteiger partial charge in [0.05, 0.1) is 0 Å². The Hall–Kier alpha value is -5.18. The smallest absolute Gasteiger partial charge is 0.445 e. The van der Waals surface area contributed by atoms with Crippen LogP contribution in [0.3, 0.4) is 0 Å². The number of halogens is 30. The highest BCUT2D eigenvalue weighted by Gasteiger charge is 2.96. The maximum absolute atomic E-state index is 14.7. The average molecular weight is 1030 g/mol. The van der Waals surface area contributed by atoms with Gasteiger partial charge in [-0.05, 0) is 35.9 Å². The number of hydrogen-bond acceptors (Lipinski definition) is 5. The minimum absolute atomic E-state index is 0.101. The van der Waals surface area contributed by atoms with Gasteiger partial charge in [-0.3, -0.25) is 0 Å². The van der Waals surface area contributed by atoms with Crippen LogP contribution in [-0.2, 0) is 0 Å². The van der Waals surface area contributed by atoms with Gasteiger partial charge in [-0.15, -0.1) is 0 Å². The van der Waals surface area contributed by atoms with Gasteiger partial charge in [0.25, 0.3) is 0 Å². The lowest BCUT2D eigenvalue weighted by atomic mass is 9.91. The van der Waals surface area contributed by atoms with Crippen molar-refractivity contribution in [1.82, 2.24) is 9.97 Å². The molecular weight excluding hydrogens is 1020 g/mol. The fraction of sp³-hybridized carbons (Fsp3) is 0.484. The van der Waals surface area contributed by atoms with Gasteiger partial charge in [0.2, 0.25) is 0 Å². The Balaban J connectivity index is 1.53. The number of benzene rings is 2. The van der Waals surface area contributed by atoms with Crippen LogP contribution >= 0.6 is 0 Å². The molecule has 0 fully saturated rings. The van der Waals surface area contributed by atoms with Crippen LogP contribution in [0.4, 0.5) is 132 Å². The zero-order valence-corrected chi connectivity index (χ0v) is 29.7. The zero-order chi connectivity index (χ0) is 51.5. The quantitative estimate of drug-likeness (QED) is 0.142. The molecule has 372 valence electrons. The van der Waals surface area contributed by atoms with E-state index in [2.05, 4.69) is 24.2 Å². The van der Waals surface area contributed by atoms with Crippen molar-refractivity contribution in [2.75, 3.05) is 0 Å². The third-order valence-electron chi connectivity index (χ3n) is 8.70. The number of aromatic nitrogens is 2. The highest BCUT2D eigenvalue weighted by atomic mass is 19.4. The van der Waals surface area contributed by atoms with E-state index < -0.39 is 119 Å². The lowest BCUT2D eigenvalue weighted by Crippen LogP contribution is -2.74. The highest BCUT2D eigenvalue weighted by molar-refractivity contribution is 5.66. The first-order valence-corrected chi connectivity index (χ1v) is 15.8. The van der Waals surface area contributed by atoms with Gasteiger partial charge >= 0.3 is 89.9 Å². The van der Waals surface area contributed by atoms with Crippen LogP contribution in [0.25, 0.3) is 22.5 Å². The number of fused-ring (bicyclic) bond motifs is 1. The number of nitrogens with zero attached hydrogens (tertiary/aromatic N) is 2. The van der Waals surface area contributed by atoms with Crippen LogP contribution in [0.2, 0.25) is 0 Å². The molecular formula is C31H10F30N2O3. The van der Waals surface area contributed by atoms with Crippen molar-refractivity contribution >= 4 is 0 Å². The first-order chi connectivity index (χ1) is 29.1. The van der Waals surface area contributed by atoms with E-state index >= 15 is 0 Å². The summed E-state index contributed by atoms with van der Waals surface area (Å²) in [5, 5.41) is 0. The Kier molecular flexibility index (Phi) is 12.3. The average Bonchev–Trinajstić information content (AvgIpc) is 3.61. The summed E-state index contributed by atoms with van der Waals surface area (Å²) in [6.07, 6.45) is -25.7. The predicted octanol–water partition coefficient (Wildman–Crippen LogP) is 13.0. The first-order valence-electron chi connectivity index (χ1n) is 15.8. The van der Waals surface area contributed by atoms with Gasteiger partial charge in [-0.25, -0.2) is 9.97 Å². The summed E-state index contributed by atoms with van der Waals surface area (Å²) < 4.78 is 417. The van der Waals surface area contributed by atoms with E-state index in [1.165, 1.54) is 0 Å². The molecule has 1 aromatic heterocycles. The lowest BCUT2D eigenvalue weighted by molar-refractivity contribution is -0.465. The molecule has 5 nitrogen and oxygen atoms in total. The normalized spacial score (nSPS) is 17.0. The predicted molar refractivity (Wildman–Crippen MR) is 150 cm³/mol. The standard InChI is InChI=1S/C31H10F30N2O3/c32-18(33,19(34,35)20(36,37)21(38,39)23(42,43)26(48,49)29(54,55)56)17-64-14-6-3-11(7-15(14)65-17)16-62-8-12(9-63-16)10-1-4-13(5-2-10)66-31(60,61)28(52,53)25(46,47)22(40,41)24(44,45)27(50,51)30(57,58)59/h1-9,17H. The van der Waals surface area contributed by atoms with E-state index in [1.54, 1.807) is 0 Å². The van der Waals surface area contributed by atoms with E-state index in [4.69, 9.17) is 0 Å². The lowest BCUT2D eigenvalue weighted by Gasteiger charge is -2.41. The van der Waals surface area contributed by atoms with Crippen LogP contribution in [0.1, 0.15) is 0 Å². The van der Waals surface area contributed by atoms with E-state index in [0.717, 1.165) is 0 Å². The molecule has 2 aromatic carbocycles. The fourth-order valence-electron chi connectivity index (χ4n) is 4.87. The van der Waals surface area contributed by atoms with Crippen LogP contribution in [-0.4, -0.2) is 99.9 Å². The molecule has 1 atom stereocenters. The molecule has 0 N–H and O–H groups in total. The molecule has 1 aliphatic rings. The summed E-state index contributed by atoms with van der Waals surface area (Å²) in [4.78, 5) is 7.27. The van der Waals surface area contributed by atoms with Crippen molar-refractivity contribution < 1.29 is 146 Å². The van der Waals surface area contributed by atoms with Gasteiger partial charge in [-0.2, -0.15) is 132 Å². The monoisotopic (exact) mass is 1030 g/mol. The summed E-state index contributed by atoms with van der Waals surface area (Å²) in [6, 6.07) is 2.71. The third-order valence-corrected chi connectivity index (χ3v) is 8.70. The Morgan fingerprint density at radius 3 is 1.12 bits per heavy atom. The Labute approximate surface area is 341 Å². The number of alkyl halides is 30. The second-order valence-corrected chi connectivity index (χ2v) is 13.0. The Bertz CT molecular complexity index is 2250. The number of hydrogen-bond donors (Lipinski definition) is 0. The van der Waals surface area contributed by atoms with E-state index in [9.17, 15) is 132 Å². The van der Waals surface area contributed by atoms with Crippen molar-refractivity contribution in [1.29, 1.82) is 0 Å². The summed E-state index contributed by atoms with van der Waals surface area (Å²) in [7, 11) is 0. The summed E-state index contributed by atoms with van der Waals surface area (Å²) in [5.41, 5.74) is -1.21. The van der Waals surface area contributed by atoms with Crippen molar-refractivity contribution in [3.63, 3.8) is 0 Å². The molecule has 0 saturated carbocycles. The molecule has 1 aliphatic heterocycles. The second-order valence-electron chi connectivity index (χ2n) is 13.0. The maximum atomic E-state index is 14.7. The molecule has 0 amide bonds. The summed E-state index contributed by atoms with van der Waals surface area (Å²) >= 11 is 0. The van der Waals surface area contributed by atoms with Crippen molar-refractivity contribution in [3.8, 4) is 39.8 Å². The summed E-state index contributed by atoms with van der Waals surface area (Å²) in [5.74, 6) is -95.5. The molecule has 0 aliphatic carbocycles. The molecule has 1 unspecified atom stereocenters. The molecule has 0 bridgehead atoms. The molecule has 0 radical (unpaired) electrons. The zero-order valence-electron chi connectivity index (χ0n) is 29.7. The Morgan fingerprint density at radius 2 is 0.712 bits per heavy atom. The molecule has 35 heteroatoms. The van der Waals surface area contributed by atoms with Crippen LogP contribution in [0.15, 0.2) is 54.9 Å². The van der Waals surface area contributed by atoms with Crippen LogP contribution in [0, 0.1) is 0 Å². The molecule has 4 rings (SSSR count). The molecule has 3 aromatic rings. The maximum Gasteiger partial charge on any atom is 0.471 e. The van der Waals surface area contributed by atoms with Gasteiger partial charge in [0.15, 0.2) is 17.3 Å². The topological polar surface area (TPSA) is 53.5 Å². The SMILES string of the molecule is FC(F)(F)C(F)(F)C(F)(F)C(F)(F)C(F)(F)C(F)(F)C(F)(F)Oc1ccc(-c2cnc(-c3ccc4c(c3)OC(C(F)(F)C(F)(F)C(F)(F)C(F)(F)C(F)(F)C(F)(F)C(F)(F)F)O4)nc2)cc1. The molecule has 2 heterocycles. The fourth-order valence-corrected chi connectivity index (χ4v) is 4.87. The minimum atomic E-state index is -8.61. The number of ether oxygens (including phenoxy) is 3. The van der Waals surface area contributed by atoms with E-state index in [0.29, 0.717) is 42.7 Å². The van der Waals surface area contributed by atoms with Crippen molar-refractivity contribution in [3.05, 3.63) is 54.9 Å². The molecule has 66 heavy (non-hydrogen) atoms. The molecule has 0 spiro atoms. The van der Waals surface area contributed by atoms with Gasteiger partial charge in [-0.1, -0.05) is 12.1 Å². The largest absolute Gasteiger partial charge is 0.471 e. The Morgan fingerprint density at radius 1 is 0.364 bits per heavy atom. The van der Waals surface area contributed by atoms with Gasteiger partial charge in [0, 0.05) is 23.5 Å². The highest BCUT2D eigenvalue weighted by Crippen LogP contribution is 2.65. The van der Waals surface area contributed by atoms with Gasteiger partial charge in [0.1, 0.15) is 5.75 Å². The van der Waals surface area contributed by atoms with Crippen LogP contribution < -0.4 is 14.2 Å². The molecule has 0 saturated heterocycles. The van der Waals surface area contributed by atoms with Gasteiger partial charge < -0.3 is 14.2 Å². The minimum Gasteiger partial charge on any atom is -0.445 e.